The Balaban J connectivity index is 1.75. The summed E-state index contributed by atoms with van der Waals surface area (Å²) in [4.78, 5) is 0. The van der Waals surface area contributed by atoms with Crippen LogP contribution in [0.15, 0.2) is 60.9 Å². The van der Waals surface area contributed by atoms with Crippen molar-refractivity contribution in [1.82, 2.24) is 15.1 Å². The van der Waals surface area contributed by atoms with Crippen LogP contribution in [-0.4, -0.2) is 20.9 Å². The van der Waals surface area contributed by atoms with E-state index in [0.29, 0.717) is 5.11 Å². The first-order chi connectivity index (χ1) is 11.9. The largest absolute Gasteiger partial charge is 0.357 e. The van der Waals surface area contributed by atoms with Gasteiger partial charge in [0.2, 0.25) is 0 Å². The van der Waals surface area contributed by atoms with Crippen molar-refractivity contribution in [2.24, 2.45) is 5.41 Å². The second-order valence-corrected chi connectivity index (χ2v) is 7.68. The Morgan fingerprint density at radius 3 is 2.60 bits per heavy atom. The van der Waals surface area contributed by atoms with Gasteiger partial charge >= 0.3 is 0 Å². The number of nitrogens with one attached hydrogen (secondary N) is 2. The molecule has 5 heteroatoms. The van der Waals surface area contributed by atoms with Gasteiger partial charge in [-0.3, -0.25) is 4.68 Å². The molecule has 4 nitrogen and oxygen atoms in total. The molecule has 1 aromatic heterocycles. The lowest BCUT2D eigenvalue weighted by molar-refractivity contribution is 0.262. The van der Waals surface area contributed by atoms with Crippen molar-refractivity contribution in [2.75, 3.05) is 5.32 Å². The molecule has 0 saturated carbocycles. The normalized spacial score (nSPS) is 12.8. The molecule has 0 saturated heterocycles. The van der Waals surface area contributed by atoms with E-state index in [-0.39, 0.29) is 11.5 Å². The summed E-state index contributed by atoms with van der Waals surface area (Å²) in [5.74, 6) is 0. The Kier molecular flexibility index (Phi) is 5.04. The highest BCUT2D eigenvalue weighted by Crippen LogP contribution is 2.24. The topological polar surface area (TPSA) is 41.9 Å². The minimum absolute atomic E-state index is 0.0381. The second-order valence-electron chi connectivity index (χ2n) is 7.27. The third kappa shape index (κ3) is 4.37. The summed E-state index contributed by atoms with van der Waals surface area (Å²) in [6.07, 6.45) is 3.77. The zero-order valence-electron chi connectivity index (χ0n) is 14.9. The fourth-order valence-corrected chi connectivity index (χ4v) is 3.03. The zero-order valence-corrected chi connectivity index (χ0v) is 15.7. The molecule has 0 aliphatic carbocycles. The van der Waals surface area contributed by atoms with E-state index in [9.17, 15) is 0 Å². The quantitative estimate of drug-likeness (QED) is 0.681. The zero-order chi connectivity index (χ0) is 17.9. The van der Waals surface area contributed by atoms with Gasteiger partial charge in [0.25, 0.3) is 0 Å². The molecule has 25 heavy (non-hydrogen) atoms. The molecular weight excluding hydrogens is 328 g/mol. The van der Waals surface area contributed by atoms with Crippen molar-refractivity contribution in [3.05, 3.63) is 60.9 Å². The summed E-state index contributed by atoms with van der Waals surface area (Å²) in [5, 5.41) is 14.1. The SMILES string of the molecule is CC(C)(C)C(Cn1cccn1)NC(=S)Nc1cccc2ccccc12. The van der Waals surface area contributed by atoms with Crippen LogP contribution in [0.1, 0.15) is 20.8 Å². The van der Waals surface area contributed by atoms with Crippen LogP contribution < -0.4 is 10.6 Å². The van der Waals surface area contributed by atoms with Gasteiger partial charge in [-0.1, -0.05) is 57.2 Å². The van der Waals surface area contributed by atoms with Gasteiger partial charge in [0.15, 0.2) is 5.11 Å². The lowest BCUT2D eigenvalue weighted by atomic mass is 9.87. The monoisotopic (exact) mass is 352 g/mol. The van der Waals surface area contributed by atoms with Crippen molar-refractivity contribution in [3.63, 3.8) is 0 Å². The van der Waals surface area contributed by atoms with E-state index in [1.165, 1.54) is 5.39 Å². The second kappa shape index (κ2) is 7.23. The fraction of sp³-hybridized carbons (Fsp3) is 0.300. The molecule has 3 aromatic rings. The van der Waals surface area contributed by atoms with Gasteiger partial charge in [-0.15, -0.1) is 0 Å². The fourth-order valence-electron chi connectivity index (χ4n) is 2.78. The van der Waals surface area contributed by atoms with Crippen molar-refractivity contribution in [2.45, 2.75) is 33.4 Å². The number of thiocarbonyl (C=S) groups is 1. The number of hydrogen-bond donors (Lipinski definition) is 2. The third-order valence-electron chi connectivity index (χ3n) is 4.32. The van der Waals surface area contributed by atoms with Crippen molar-refractivity contribution in [3.8, 4) is 0 Å². The predicted molar refractivity (Wildman–Crippen MR) is 109 cm³/mol. The van der Waals surface area contributed by atoms with E-state index in [1.54, 1.807) is 6.20 Å². The number of hydrogen-bond acceptors (Lipinski definition) is 2. The van der Waals surface area contributed by atoms with Gasteiger partial charge in [0.1, 0.15) is 0 Å². The summed E-state index contributed by atoms with van der Waals surface area (Å²) in [7, 11) is 0. The van der Waals surface area contributed by atoms with Gasteiger partial charge in [0.05, 0.1) is 12.6 Å². The number of aromatic nitrogens is 2. The number of anilines is 1. The van der Waals surface area contributed by atoms with Crippen LogP contribution in [0.5, 0.6) is 0 Å². The van der Waals surface area contributed by atoms with Crippen LogP contribution in [0.4, 0.5) is 5.69 Å². The van der Waals surface area contributed by atoms with Gasteiger partial charge in [-0.05, 0) is 35.2 Å². The van der Waals surface area contributed by atoms with Crippen LogP contribution in [0.3, 0.4) is 0 Å². The molecule has 0 radical (unpaired) electrons. The van der Waals surface area contributed by atoms with Gasteiger partial charge in [-0.25, -0.2) is 0 Å². The van der Waals surface area contributed by atoms with Crippen LogP contribution in [0.25, 0.3) is 10.8 Å². The molecule has 0 bridgehead atoms. The molecule has 0 aliphatic heterocycles. The summed E-state index contributed by atoms with van der Waals surface area (Å²) in [5.41, 5.74) is 1.05. The van der Waals surface area contributed by atoms with E-state index < -0.39 is 0 Å². The first-order valence-corrected chi connectivity index (χ1v) is 8.87. The van der Waals surface area contributed by atoms with E-state index in [2.05, 4.69) is 60.8 Å². The smallest absolute Gasteiger partial charge is 0.171 e. The minimum atomic E-state index is 0.0381. The molecule has 1 unspecified atom stereocenters. The average Bonchev–Trinajstić information content (AvgIpc) is 3.07. The maximum atomic E-state index is 5.59. The van der Waals surface area contributed by atoms with Gasteiger partial charge in [-0.2, -0.15) is 5.10 Å². The minimum Gasteiger partial charge on any atom is -0.357 e. The molecule has 0 amide bonds. The van der Waals surface area contributed by atoms with E-state index in [4.69, 9.17) is 12.2 Å². The van der Waals surface area contributed by atoms with E-state index in [1.807, 2.05) is 35.1 Å². The van der Waals surface area contributed by atoms with Crippen LogP contribution in [-0.2, 0) is 6.54 Å². The maximum absolute atomic E-state index is 5.59. The Hall–Kier alpha value is -2.40. The van der Waals surface area contributed by atoms with Crippen molar-refractivity contribution >= 4 is 33.8 Å². The molecule has 2 N–H and O–H groups in total. The Morgan fingerprint density at radius 1 is 1.12 bits per heavy atom. The van der Waals surface area contributed by atoms with Crippen LogP contribution >= 0.6 is 12.2 Å². The molecule has 2 aromatic carbocycles. The van der Waals surface area contributed by atoms with Crippen LogP contribution in [0.2, 0.25) is 0 Å². The molecule has 0 fully saturated rings. The average molecular weight is 353 g/mol. The summed E-state index contributed by atoms with van der Waals surface area (Å²) in [6.45, 7) is 7.37. The number of nitrogens with zero attached hydrogens (tertiary/aromatic N) is 2. The van der Waals surface area contributed by atoms with E-state index in [0.717, 1.165) is 17.6 Å². The Labute approximate surface area is 154 Å². The predicted octanol–water partition coefficient (Wildman–Crippen LogP) is 4.44. The maximum Gasteiger partial charge on any atom is 0.171 e. The highest BCUT2D eigenvalue weighted by Gasteiger charge is 2.26. The van der Waals surface area contributed by atoms with Gasteiger partial charge in [0, 0.05) is 23.5 Å². The summed E-state index contributed by atoms with van der Waals surface area (Å²) >= 11 is 5.59. The van der Waals surface area contributed by atoms with Crippen molar-refractivity contribution < 1.29 is 0 Å². The molecule has 1 atom stereocenters. The van der Waals surface area contributed by atoms with Gasteiger partial charge < -0.3 is 10.6 Å². The molecule has 130 valence electrons. The lowest BCUT2D eigenvalue weighted by Gasteiger charge is -2.32. The first-order valence-electron chi connectivity index (χ1n) is 8.46. The molecule has 3 rings (SSSR count). The van der Waals surface area contributed by atoms with Crippen molar-refractivity contribution in [1.29, 1.82) is 0 Å². The highest BCUT2D eigenvalue weighted by atomic mass is 32.1. The lowest BCUT2D eigenvalue weighted by Crippen LogP contribution is -2.48. The molecular formula is C20H24N4S. The Bertz CT molecular complexity index is 844. The number of benzene rings is 2. The van der Waals surface area contributed by atoms with Crippen LogP contribution in [0, 0.1) is 5.41 Å². The molecule has 0 aliphatic rings. The first kappa shape index (κ1) is 17.4. The van der Waals surface area contributed by atoms with E-state index >= 15 is 0 Å². The summed E-state index contributed by atoms with van der Waals surface area (Å²) < 4.78 is 1.93. The third-order valence-corrected chi connectivity index (χ3v) is 4.54. The Morgan fingerprint density at radius 2 is 1.88 bits per heavy atom. The molecule has 0 spiro atoms. The summed E-state index contributed by atoms with van der Waals surface area (Å²) in [6, 6.07) is 16.6. The molecule has 1 heterocycles. The number of fused-ring (bicyclic) bond motifs is 1. The standard InChI is InChI=1S/C20H24N4S/c1-20(2,3)18(14-24-13-7-12-21-24)23-19(25)22-17-11-6-9-15-8-4-5-10-16(15)17/h4-13,18H,14H2,1-3H3,(H2,22,23,25). The number of rotatable bonds is 4. The highest BCUT2D eigenvalue weighted by molar-refractivity contribution is 7.80.